The van der Waals surface area contributed by atoms with E-state index in [0.717, 1.165) is 19.5 Å². The Labute approximate surface area is 98.3 Å². The lowest BCUT2D eigenvalue weighted by atomic mass is 10.1. The van der Waals surface area contributed by atoms with E-state index in [9.17, 15) is 4.79 Å². The molecule has 0 spiro atoms. The van der Waals surface area contributed by atoms with Gasteiger partial charge in [-0.1, -0.05) is 6.08 Å². The molecule has 16 heavy (non-hydrogen) atoms. The van der Waals surface area contributed by atoms with Gasteiger partial charge in [0, 0.05) is 32.7 Å². The lowest BCUT2D eigenvalue weighted by Gasteiger charge is -2.32. The topological polar surface area (TPSA) is 35.6 Å². The average molecular weight is 225 g/mol. The minimum atomic E-state index is -0.0644. The molecule has 4 nitrogen and oxygen atoms in total. The van der Waals surface area contributed by atoms with Crippen LogP contribution in [0.1, 0.15) is 13.3 Å². The van der Waals surface area contributed by atoms with E-state index in [0.29, 0.717) is 12.6 Å². The maximum absolute atomic E-state index is 12.2. The number of nitrogens with zero attached hydrogens (tertiary/aromatic N) is 2. The Morgan fingerprint density at radius 3 is 2.88 bits per heavy atom. The largest absolute Gasteiger partial charge is 0.344 e. The normalized spacial score (nSPS) is 27.9. The quantitative estimate of drug-likeness (QED) is 0.700. The van der Waals surface area contributed by atoms with Crippen LogP contribution in [-0.4, -0.2) is 61.5 Å². The SMILES string of the molecule is C=CCN1C(C)CCN(C)C(=O)C1CNC. The first-order valence-corrected chi connectivity index (χ1v) is 5.88. The molecule has 1 N–H and O–H groups in total. The highest BCUT2D eigenvalue weighted by Crippen LogP contribution is 2.16. The second-order valence-corrected chi connectivity index (χ2v) is 4.46. The Hall–Kier alpha value is -0.870. The molecule has 0 bridgehead atoms. The van der Waals surface area contributed by atoms with E-state index in [4.69, 9.17) is 0 Å². The fourth-order valence-corrected chi connectivity index (χ4v) is 2.21. The van der Waals surface area contributed by atoms with Gasteiger partial charge in [0.2, 0.25) is 5.91 Å². The fourth-order valence-electron chi connectivity index (χ4n) is 2.21. The van der Waals surface area contributed by atoms with Gasteiger partial charge in [-0.2, -0.15) is 0 Å². The zero-order valence-corrected chi connectivity index (χ0v) is 10.6. The molecule has 1 rings (SSSR count). The third-order valence-electron chi connectivity index (χ3n) is 3.25. The molecule has 0 saturated carbocycles. The molecule has 1 aliphatic rings. The van der Waals surface area contributed by atoms with Gasteiger partial charge in [-0.15, -0.1) is 6.58 Å². The summed E-state index contributed by atoms with van der Waals surface area (Å²) in [4.78, 5) is 16.2. The highest BCUT2D eigenvalue weighted by Gasteiger charge is 2.33. The zero-order valence-electron chi connectivity index (χ0n) is 10.6. The summed E-state index contributed by atoms with van der Waals surface area (Å²) < 4.78 is 0. The molecule has 1 heterocycles. The predicted octanol–water partition coefficient (Wildman–Crippen LogP) is 0.313. The fraction of sp³-hybridized carbons (Fsp3) is 0.750. The summed E-state index contributed by atoms with van der Waals surface area (Å²) in [5.74, 6) is 0.209. The van der Waals surface area contributed by atoms with Crippen LogP contribution in [0.2, 0.25) is 0 Å². The van der Waals surface area contributed by atoms with E-state index in [-0.39, 0.29) is 11.9 Å². The van der Waals surface area contributed by atoms with E-state index >= 15 is 0 Å². The van der Waals surface area contributed by atoms with Gasteiger partial charge < -0.3 is 10.2 Å². The number of rotatable bonds is 4. The van der Waals surface area contributed by atoms with Gasteiger partial charge in [0.05, 0.1) is 0 Å². The van der Waals surface area contributed by atoms with Crippen molar-refractivity contribution in [2.24, 2.45) is 0 Å². The van der Waals surface area contributed by atoms with Gasteiger partial charge in [-0.3, -0.25) is 9.69 Å². The summed E-state index contributed by atoms with van der Waals surface area (Å²) in [6, 6.07) is 0.357. The number of hydrogen-bond donors (Lipinski definition) is 1. The Morgan fingerprint density at radius 1 is 1.62 bits per heavy atom. The number of nitrogens with one attached hydrogen (secondary N) is 1. The van der Waals surface area contributed by atoms with Crippen LogP contribution < -0.4 is 5.32 Å². The smallest absolute Gasteiger partial charge is 0.241 e. The van der Waals surface area contributed by atoms with Gasteiger partial charge in [0.15, 0.2) is 0 Å². The summed E-state index contributed by atoms with van der Waals surface area (Å²) in [5.41, 5.74) is 0. The summed E-state index contributed by atoms with van der Waals surface area (Å²) in [6.45, 7) is 8.26. The van der Waals surface area contributed by atoms with Crippen LogP contribution in [-0.2, 0) is 4.79 Å². The number of likely N-dealkylation sites (N-methyl/N-ethyl adjacent to an activating group) is 2. The van der Waals surface area contributed by atoms with Crippen molar-refractivity contribution in [3.05, 3.63) is 12.7 Å². The lowest BCUT2D eigenvalue weighted by Crippen LogP contribution is -2.51. The molecule has 2 atom stereocenters. The number of amides is 1. The Kier molecular flexibility index (Phi) is 4.96. The molecule has 4 heteroatoms. The summed E-state index contributed by atoms with van der Waals surface area (Å²) >= 11 is 0. The maximum Gasteiger partial charge on any atom is 0.241 e. The molecule has 2 unspecified atom stereocenters. The first-order valence-electron chi connectivity index (χ1n) is 5.88. The molecule has 1 saturated heterocycles. The molecule has 0 aliphatic carbocycles. The minimum Gasteiger partial charge on any atom is -0.344 e. The second-order valence-electron chi connectivity index (χ2n) is 4.46. The van der Waals surface area contributed by atoms with Gasteiger partial charge in [0.1, 0.15) is 6.04 Å². The van der Waals surface area contributed by atoms with Crippen molar-refractivity contribution in [3.8, 4) is 0 Å². The van der Waals surface area contributed by atoms with E-state index in [1.807, 2.05) is 25.1 Å². The minimum absolute atomic E-state index is 0.0644. The van der Waals surface area contributed by atoms with Crippen molar-refractivity contribution in [1.82, 2.24) is 15.1 Å². The van der Waals surface area contributed by atoms with E-state index in [1.54, 1.807) is 0 Å². The third-order valence-corrected chi connectivity index (χ3v) is 3.25. The maximum atomic E-state index is 12.2. The molecule has 1 aliphatic heterocycles. The molecule has 1 fully saturated rings. The highest BCUT2D eigenvalue weighted by molar-refractivity contribution is 5.82. The number of carbonyl (C=O) groups is 1. The monoisotopic (exact) mass is 225 g/mol. The summed E-state index contributed by atoms with van der Waals surface area (Å²) in [6.07, 6.45) is 2.90. The first-order chi connectivity index (χ1) is 7.61. The average Bonchev–Trinajstić information content (AvgIpc) is 2.36. The van der Waals surface area contributed by atoms with Crippen LogP contribution in [0.25, 0.3) is 0 Å². The van der Waals surface area contributed by atoms with Gasteiger partial charge >= 0.3 is 0 Å². The van der Waals surface area contributed by atoms with Gasteiger partial charge in [-0.05, 0) is 20.4 Å². The highest BCUT2D eigenvalue weighted by atomic mass is 16.2. The molecule has 0 aromatic carbocycles. The molecule has 0 aromatic rings. The van der Waals surface area contributed by atoms with Crippen LogP contribution in [0.5, 0.6) is 0 Å². The standard InChI is InChI=1S/C12H23N3O/c1-5-7-15-10(2)6-8-14(4)12(16)11(15)9-13-3/h5,10-11,13H,1,6-9H2,2-4H3. The van der Waals surface area contributed by atoms with Crippen LogP contribution in [0.15, 0.2) is 12.7 Å². The molecule has 0 aromatic heterocycles. The van der Waals surface area contributed by atoms with Crippen molar-refractivity contribution >= 4 is 5.91 Å². The number of hydrogen-bond acceptors (Lipinski definition) is 3. The van der Waals surface area contributed by atoms with Gasteiger partial charge in [-0.25, -0.2) is 0 Å². The molecule has 1 amide bonds. The van der Waals surface area contributed by atoms with Gasteiger partial charge in [0.25, 0.3) is 0 Å². The summed E-state index contributed by atoms with van der Waals surface area (Å²) in [5, 5.41) is 3.10. The zero-order chi connectivity index (χ0) is 12.1. The molecule has 0 radical (unpaired) electrons. The number of carbonyl (C=O) groups excluding carboxylic acids is 1. The van der Waals surface area contributed by atoms with E-state index < -0.39 is 0 Å². The van der Waals surface area contributed by atoms with Crippen LogP contribution >= 0.6 is 0 Å². The van der Waals surface area contributed by atoms with Crippen LogP contribution in [0.4, 0.5) is 0 Å². The first kappa shape index (κ1) is 13.2. The molecular formula is C12H23N3O. The van der Waals surface area contributed by atoms with Crippen molar-refractivity contribution in [1.29, 1.82) is 0 Å². The predicted molar refractivity (Wildman–Crippen MR) is 66.3 cm³/mol. The van der Waals surface area contributed by atoms with Crippen molar-refractivity contribution in [2.75, 3.05) is 33.7 Å². The van der Waals surface area contributed by atoms with E-state index in [1.165, 1.54) is 0 Å². The van der Waals surface area contributed by atoms with Crippen LogP contribution in [0, 0.1) is 0 Å². The summed E-state index contributed by atoms with van der Waals surface area (Å²) in [7, 11) is 3.77. The Balaban J connectivity index is 2.87. The van der Waals surface area contributed by atoms with Crippen molar-refractivity contribution < 1.29 is 4.79 Å². The van der Waals surface area contributed by atoms with E-state index in [2.05, 4.69) is 23.7 Å². The third kappa shape index (κ3) is 2.83. The van der Waals surface area contributed by atoms with Crippen LogP contribution in [0.3, 0.4) is 0 Å². The lowest BCUT2D eigenvalue weighted by molar-refractivity contribution is -0.134. The van der Waals surface area contributed by atoms with Crippen molar-refractivity contribution in [2.45, 2.75) is 25.4 Å². The molecule has 92 valence electrons. The Bertz CT molecular complexity index is 255. The Morgan fingerprint density at radius 2 is 2.31 bits per heavy atom. The van der Waals surface area contributed by atoms with Crippen molar-refractivity contribution in [3.63, 3.8) is 0 Å². The molecular weight excluding hydrogens is 202 g/mol. The second kappa shape index (κ2) is 6.01.